The van der Waals surface area contributed by atoms with E-state index in [4.69, 9.17) is 4.74 Å². The number of aryl methyl sites for hydroxylation is 1. The summed E-state index contributed by atoms with van der Waals surface area (Å²) in [4.78, 5) is 42.1. The highest BCUT2D eigenvalue weighted by Gasteiger charge is 2.41. The van der Waals surface area contributed by atoms with E-state index in [1.54, 1.807) is 24.8 Å². The number of hydrogen-bond donors (Lipinski definition) is 1. The molecule has 1 aliphatic rings. The number of nitrogens with one attached hydrogen (secondary N) is 1. The minimum atomic E-state index is -1.02. The van der Waals surface area contributed by atoms with Gasteiger partial charge in [0.15, 0.2) is 5.60 Å². The predicted molar refractivity (Wildman–Crippen MR) is 150 cm³/mol. The lowest BCUT2D eigenvalue weighted by Crippen LogP contribution is -2.53. The number of benzene rings is 1. The fourth-order valence-electron chi connectivity index (χ4n) is 4.13. The van der Waals surface area contributed by atoms with Crippen LogP contribution in [0.4, 0.5) is 5.69 Å². The summed E-state index contributed by atoms with van der Waals surface area (Å²) in [5, 5.41) is 2.78. The van der Waals surface area contributed by atoms with Gasteiger partial charge < -0.3 is 19.9 Å². The smallest absolute Gasteiger partial charge is 0.270 e. The number of rotatable bonds is 9. The van der Waals surface area contributed by atoms with Crippen molar-refractivity contribution in [3.05, 3.63) is 23.3 Å². The molecule has 206 valence electrons. The van der Waals surface area contributed by atoms with Crippen molar-refractivity contribution in [3.8, 4) is 5.75 Å². The molecule has 0 saturated heterocycles. The highest BCUT2D eigenvalue weighted by molar-refractivity contribution is 6.05. The van der Waals surface area contributed by atoms with Crippen molar-refractivity contribution < 1.29 is 19.1 Å². The second-order valence-corrected chi connectivity index (χ2v) is 9.32. The van der Waals surface area contributed by atoms with Gasteiger partial charge in [-0.1, -0.05) is 34.6 Å². The van der Waals surface area contributed by atoms with E-state index in [9.17, 15) is 14.4 Å². The van der Waals surface area contributed by atoms with Crippen LogP contribution in [0, 0.1) is 6.92 Å². The fourth-order valence-corrected chi connectivity index (χ4v) is 4.13. The Morgan fingerprint density at radius 3 is 2.17 bits per heavy atom. The van der Waals surface area contributed by atoms with Crippen LogP contribution in [0.25, 0.3) is 0 Å². The molecule has 7 nitrogen and oxygen atoms in total. The molecule has 0 aromatic heterocycles. The minimum Gasteiger partial charge on any atom is -0.476 e. The van der Waals surface area contributed by atoms with Gasteiger partial charge in [0.1, 0.15) is 5.75 Å². The lowest BCUT2D eigenvalue weighted by atomic mass is 9.98. The summed E-state index contributed by atoms with van der Waals surface area (Å²) < 4.78 is 6.02. The molecule has 0 spiro atoms. The minimum absolute atomic E-state index is 0.0337. The lowest BCUT2D eigenvalue weighted by molar-refractivity contribution is -0.132. The molecular weight excluding hydrogens is 454 g/mol. The Hall–Kier alpha value is -2.57. The SMILES string of the molecule is CC.CC.CCNC(=O)CCCN1C(=O)C(C)(C)Oc2cc(C)c(C(=O)N(C(C)C)[C@H](C)CC)cc21. The molecule has 1 atom stereocenters. The largest absolute Gasteiger partial charge is 0.476 e. The van der Waals surface area contributed by atoms with E-state index in [1.807, 2.05) is 66.4 Å². The van der Waals surface area contributed by atoms with Crippen molar-refractivity contribution in [2.75, 3.05) is 18.0 Å². The van der Waals surface area contributed by atoms with Crippen LogP contribution in [0.15, 0.2) is 12.1 Å². The van der Waals surface area contributed by atoms with E-state index < -0.39 is 5.60 Å². The molecule has 0 radical (unpaired) electrons. The summed E-state index contributed by atoms with van der Waals surface area (Å²) in [6, 6.07) is 3.79. The normalized spacial score (nSPS) is 14.4. The van der Waals surface area contributed by atoms with E-state index in [0.29, 0.717) is 42.9 Å². The maximum atomic E-state index is 13.5. The first-order chi connectivity index (χ1) is 16.9. The molecule has 1 aromatic rings. The number of carbonyl (C=O) groups excluding carboxylic acids is 3. The third-order valence-electron chi connectivity index (χ3n) is 5.97. The van der Waals surface area contributed by atoms with Crippen molar-refractivity contribution in [2.24, 2.45) is 0 Å². The first kappa shape index (κ1) is 33.4. The van der Waals surface area contributed by atoms with Crippen LogP contribution in [-0.4, -0.2) is 53.4 Å². The molecule has 0 fully saturated rings. The fraction of sp³-hybridized carbons (Fsp3) is 0.690. The Bertz CT molecular complexity index is 864. The van der Waals surface area contributed by atoms with Gasteiger partial charge in [-0.2, -0.15) is 0 Å². The third-order valence-corrected chi connectivity index (χ3v) is 5.97. The van der Waals surface area contributed by atoms with E-state index in [0.717, 1.165) is 12.0 Å². The van der Waals surface area contributed by atoms with Crippen LogP contribution < -0.4 is 15.0 Å². The lowest BCUT2D eigenvalue weighted by Gasteiger charge is -2.40. The van der Waals surface area contributed by atoms with Crippen LogP contribution >= 0.6 is 0 Å². The Morgan fingerprint density at radius 1 is 1.08 bits per heavy atom. The quantitative estimate of drug-likeness (QED) is 0.439. The number of amides is 3. The molecule has 1 aliphatic heterocycles. The summed E-state index contributed by atoms with van der Waals surface area (Å²) in [7, 11) is 0. The van der Waals surface area contributed by atoms with Gasteiger partial charge in [0.25, 0.3) is 11.8 Å². The topological polar surface area (TPSA) is 79.0 Å². The molecule has 7 heteroatoms. The Labute approximate surface area is 219 Å². The number of nitrogens with zero attached hydrogens (tertiary/aromatic N) is 2. The zero-order chi connectivity index (χ0) is 28.2. The van der Waals surface area contributed by atoms with Gasteiger partial charge in [-0.15, -0.1) is 0 Å². The van der Waals surface area contributed by atoms with E-state index in [2.05, 4.69) is 19.2 Å². The van der Waals surface area contributed by atoms with Crippen molar-refractivity contribution in [1.82, 2.24) is 10.2 Å². The average Bonchev–Trinajstić information content (AvgIpc) is 2.83. The zero-order valence-corrected chi connectivity index (χ0v) is 24.9. The van der Waals surface area contributed by atoms with Gasteiger partial charge in [0.2, 0.25) is 5.91 Å². The number of hydrogen-bond acceptors (Lipinski definition) is 4. The van der Waals surface area contributed by atoms with E-state index >= 15 is 0 Å². The maximum Gasteiger partial charge on any atom is 0.270 e. The van der Waals surface area contributed by atoms with Crippen molar-refractivity contribution in [3.63, 3.8) is 0 Å². The predicted octanol–water partition coefficient (Wildman–Crippen LogP) is 6.12. The third kappa shape index (κ3) is 8.24. The standard InChI is InChI=1S/C25H39N3O4.2C2H6/c1-9-18(6)28(16(3)4)23(30)19-15-20-21(14-17(19)5)32-25(7,8)24(31)27(20)13-11-12-22(29)26-10-2;2*1-2/h14-16,18H,9-13H2,1-8H3,(H,26,29);2*1-2H3/t18-;;/m1../s1. The second kappa shape index (κ2) is 15.5. The molecule has 1 heterocycles. The van der Waals surface area contributed by atoms with E-state index in [-0.39, 0.29) is 29.8 Å². The van der Waals surface area contributed by atoms with Crippen LogP contribution in [0.5, 0.6) is 5.75 Å². The molecule has 0 bridgehead atoms. The van der Waals surface area contributed by atoms with Gasteiger partial charge in [0, 0.05) is 37.2 Å². The van der Waals surface area contributed by atoms with E-state index in [1.165, 1.54) is 0 Å². The second-order valence-electron chi connectivity index (χ2n) is 9.32. The summed E-state index contributed by atoms with van der Waals surface area (Å²) >= 11 is 0. The summed E-state index contributed by atoms with van der Waals surface area (Å²) in [5.74, 6) is 0.329. The first-order valence-electron chi connectivity index (χ1n) is 13.7. The molecule has 0 saturated carbocycles. The Kier molecular flexibility index (Phi) is 14.4. The molecule has 0 unspecified atom stereocenters. The van der Waals surface area contributed by atoms with Gasteiger partial charge >= 0.3 is 0 Å². The summed E-state index contributed by atoms with van der Waals surface area (Å²) in [6.45, 7) is 24.4. The number of carbonyl (C=O) groups is 3. The van der Waals surface area contributed by atoms with Gasteiger partial charge in [-0.05, 0) is 79.0 Å². The van der Waals surface area contributed by atoms with Crippen molar-refractivity contribution >= 4 is 23.4 Å². The highest BCUT2D eigenvalue weighted by atomic mass is 16.5. The molecule has 1 aromatic carbocycles. The molecule has 1 N–H and O–H groups in total. The summed E-state index contributed by atoms with van der Waals surface area (Å²) in [6.07, 6.45) is 1.71. The number of anilines is 1. The van der Waals surface area contributed by atoms with Gasteiger partial charge in [-0.25, -0.2) is 0 Å². The van der Waals surface area contributed by atoms with Crippen molar-refractivity contribution in [2.45, 2.75) is 120 Å². The van der Waals surface area contributed by atoms with Crippen molar-refractivity contribution in [1.29, 1.82) is 0 Å². The van der Waals surface area contributed by atoms with Crippen LogP contribution in [0.1, 0.15) is 111 Å². The van der Waals surface area contributed by atoms with Crippen LogP contribution in [0.2, 0.25) is 0 Å². The van der Waals surface area contributed by atoms with Crippen LogP contribution in [-0.2, 0) is 9.59 Å². The molecule has 3 amide bonds. The molecule has 2 rings (SSSR count). The molecule has 36 heavy (non-hydrogen) atoms. The molecule has 0 aliphatic carbocycles. The highest BCUT2D eigenvalue weighted by Crippen LogP contribution is 2.40. The number of ether oxygens (including phenoxy) is 1. The Balaban J connectivity index is 0.00000291. The maximum absolute atomic E-state index is 13.5. The summed E-state index contributed by atoms with van der Waals surface area (Å²) in [5.41, 5.74) is 0.960. The zero-order valence-electron chi connectivity index (χ0n) is 24.9. The number of fused-ring (bicyclic) bond motifs is 1. The Morgan fingerprint density at radius 2 is 1.67 bits per heavy atom. The first-order valence-corrected chi connectivity index (χ1v) is 13.7. The van der Waals surface area contributed by atoms with Gasteiger partial charge in [0.05, 0.1) is 5.69 Å². The molecular formula is C29H51N3O4. The average molecular weight is 506 g/mol. The van der Waals surface area contributed by atoms with Gasteiger partial charge in [-0.3, -0.25) is 14.4 Å². The monoisotopic (exact) mass is 505 g/mol. The van der Waals surface area contributed by atoms with Crippen LogP contribution in [0.3, 0.4) is 0 Å².